The lowest BCUT2D eigenvalue weighted by molar-refractivity contribution is 0.143. The molecular formula is H2N4O. The molecule has 2 N–H and O–H groups in total. The summed E-state index contributed by atoms with van der Waals surface area (Å²) in [5.41, 5.74) is 7.32. The Hall–Kier alpha value is -0.930. The average molecular weight is 74.0 g/mol. The van der Waals surface area contributed by atoms with Crippen molar-refractivity contribution in [2.45, 2.75) is 0 Å². The van der Waals surface area contributed by atoms with E-state index < -0.39 is 0 Å². The van der Waals surface area contributed by atoms with Gasteiger partial charge in [0.15, 0.2) is 0 Å². The van der Waals surface area contributed by atoms with Gasteiger partial charge in [0.25, 0.3) is 0 Å². The fourth-order valence-corrected chi connectivity index (χ4v) is 0.0211. The Bertz CT molecular complexity index is 50.7. The van der Waals surface area contributed by atoms with Gasteiger partial charge in [0.2, 0.25) is 0 Å². The molecular weight excluding hydrogens is 72.0 g/mol. The lowest BCUT2D eigenvalue weighted by Gasteiger charge is -1.68. The van der Waals surface area contributed by atoms with Crippen molar-refractivity contribution in [2.24, 2.45) is 11.2 Å². The molecule has 0 saturated heterocycles. The summed E-state index contributed by atoms with van der Waals surface area (Å²) in [5.74, 6) is 4.22. The van der Waals surface area contributed by atoms with Gasteiger partial charge in [0, 0.05) is 4.91 Å². The quantitative estimate of drug-likeness (QED) is 0.207. The second kappa shape index (κ2) is 3.07. The number of rotatable bonds is 1. The van der Waals surface area contributed by atoms with E-state index in [4.69, 9.17) is 5.53 Å². The topological polar surface area (TPSA) is 84.0 Å². The Balaban J connectivity index is 2.93. The maximum Gasteiger partial charge on any atom is 0.132 e. The SMILES string of the molecule is [N-]=[N+]=NON. The van der Waals surface area contributed by atoms with Gasteiger partial charge in [-0.25, -0.2) is 0 Å². The van der Waals surface area contributed by atoms with Gasteiger partial charge in [0.1, 0.15) is 5.28 Å². The van der Waals surface area contributed by atoms with Crippen LogP contribution in [0, 0.1) is 0 Å². The first-order valence-corrected chi connectivity index (χ1v) is 0.818. The molecule has 0 rings (SSSR count). The van der Waals surface area contributed by atoms with Gasteiger partial charge in [-0.2, -0.15) is 5.90 Å². The van der Waals surface area contributed by atoms with Gasteiger partial charge in [-0.3, -0.25) is 0 Å². The minimum Gasteiger partial charge on any atom is -0.340 e. The van der Waals surface area contributed by atoms with E-state index in [1.165, 1.54) is 0 Å². The minimum absolute atomic E-state index is 2.13. The molecule has 5 nitrogen and oxygen atoms in total. The second-order valence-electron chi connectivity index (χ2n) is 0.277. The van der Waals surface area contributed by atoms with Crippen LogP contribution >= 0.6 is 0 Å². The fourth-order valence-electron chi connectivity index (χ4n) is 0.0211. The molecule has 0 fully saturated rings. The van der Waals surface area contributed by atoms with Gasteiger partial charge < -0.3 is 4.94 Å². The summed E-state index contributed by atoms with van der Waals surface area (Å²) in [6.45, 7) is 0. The highest BCUT2D eigenvalue weighted by Gasteiger charge is 1.45. The zero-order chi connectivity index (χ0) is 4.12. The molecule has 28 valence electrons. The largest absolute Gasteiger partial charge is 0.340 e. The first-order valence-electron chi connectivity index (χ1n) is 0.818. The summed E-state index contributed by atoms with van der Waals surface area (Å²) in [6.07, 6.45) is 0. The molecule has 0 aromatic rings. The summed E-state index contributed by atoms with van der Waals surface area (Å²) >= 11 is 0. The highest BCUT2D eigenvalue weighted by atomic mass is 16.8. The molecule has 0 aliphatic heterocycles. The van der Waals surface area contributed by atoms with Gasteiger partial charge in [0.05, 0.1) is 0 Å². The molecule has 0 heterocycles. The van der Waals surface area contributed by atoms with Gasteiger partial charge >= 0.3 is 0 Å². The van der Waals surface area contributed by atoms with Crippen molar-refractivity contribution in [3.63, 3.8) is 0 Å². The van der Waals surface area contributed by atoms with Crippen LogP contribution in [0.4, 0.5) is 0 Å². The van der Waals surface area contributed by atoms with Crippen LogP contribution < -0.4 is 5.90 Å². The Morgan fingerprint density at radius 3 is 2.60 bits per heavy atom. The third kappa shape index (κ3) is 3.07. The van der Waals surface area contributed by atoms with E-state index in [0.717, 1.165) is 0 Å². The lowest BCUT2D eigenvalue weighted by atomic mass is 12.9. The molecule has 0 aromatic heterocycles. The molecule has 5 heavy (non-hydrogen) atoms. The highest BCUT2D eigenvalue weighted by Crippen LogP contribution is 1.56. The normalized spacial score (nSPS) is 5.00. The van der Waals surface area contributed by atoms with Crippen molar-refractivity contribution in [3.05, 3.63) is 10.4 Å². The number of nitrogens with zero attached hydrogens (tertiary/aromatic N) is 3. The number of azide groups is 1. The van der Waals surface area contributed by atoms with Crippen molar-refractivity contribution < 1.29 is 4.94 Å². The Morgan fingerprint density at radius 1 is 2.00 bits per heavy atom. The standard InChI is InChI=1S/H2N4O/c1-3-4-5-2/h2H2. The van der Waals surface area contributed by atoms with E-state index in [0.29, 0.717) is 0 Å². The average Bonchev–Trinajstić information content (AvgIpc) is 1.41. The van der Waals surface area contributed by atoms with E-state index in [1.807, 2.05) is 0 Å². The zero-order valence-corrected chi connectivity index (χ0v) is 2.33. The van der Waals surface area contributed by atoms with E-state index in [1.54, 1.807) is 0 Å². The molecule has 0 radical (unpaired) electrons. The summed E-state index contributed by atoms with van der Waals surface area (Å²) < 4.78 is 0. The first kappa shape index (κ1) is 4.07. The van der Waals surface area contributed by atoms with Crippen molar-refractivity contribution in [2.75, 3.05) is 0 Å². The van der Waals surface area contributed by atoms with E-state index >= 15 is 0 Å². The van der Waals surface area contributed by atoms with Crippen molar-refractivity contribution in [1.29, 1.82) is 0 Å². The number of nitrogens with two attached hydrogens (primary N) is 1. The smallest absolute Gasteiger partial charge is 0.132 e. The molecule has 0 aromatic carbocycles. The third-order valence-electron chi connectivity index (χ3n) is 0.0837. The number of hydrogen-bond acceptors (Lipinski definition) is 3. The van der Waals surface area contributed by atoms with Crippen LogP contribution in [-0.2, 0) is 4.94 Å². The van der Waals surface area contributed by atoms with Crippen LogP contribution in [0.3, 0.4) is 0 Å². The fraction of sp³-hybridized carbons (Fsp3) is 0. The van der Waals surface area contributed by atoms with Crippen molar-refractivity contribution in [3.8, 4) is 0 Å². The third-order valence-corrected chi connectivity index (χ3v) is 0.0837. The lowest BCUT2D eigenvalue weighted by Crippen LogP contribution is -1.84. The van der Waals surface area contributed by atoms with Crippen LogP contribution in [0.15, 0.2) is 5.28 Å². The van der Waals surface area contributed by atoms with Gasteiger partial charge in [-0.1, -0.05) is 0 Å². The van der Waals surface area contributed by atoms with Crippen LogP contribution in [-0.4, -0.2) is 0 Å². The second-order valence-corrected chi connectivity index (χ2v) is 0.277. The Morgan fingerprint density at radius 2 is 2.60 bits per heavy atom. The molecule has 0 atom stereocenters. The highest BCUT2D eigenvalue weighted by molar-refractivity contribution is 4.26. The molecule has 0 bridgehead atoms. The summed E-state index contributed by atoms with van der Waals surface area (Å²) in [4.78, 5) is 5.53. The molecule has 0 amide bonds. The maximum atomic E-state index is 7.32. The van der Waals surface area contributed by atoms with E-state index in [-0.39, 0.29) is 0 Å². The minimum atomic E-state index is 2.13. The summed E-state index contributed by atoms with van der Waals surface area (Å²) in [6, 6.07) is 0. The molecule has 0 aliphatic carbocycles. The first-order chi connectivity index (χ1) is 2.41. The monoisotopic (exact) mass is 74.0 g/mol. The van der Waals surface area contributed by atoms with Gasteiger partial charge in [-0.05, 0) is 5.53 Å². The Labute approximate surface area is 27.9 Å². The predicted molar refractivity (Wildman–Crippen MR) is 14.4 cm³/mol. The zero-order valence-electron chi connectivity index (χ0n) is 2.33. The molecule has 5 heteroatoms. The summed E-state index contributed by atoms with van der Waals surface area (Å²) in [7, 11) is 0. The molecule has 0 saturated carbocycles. The van der Waals surface area contributed by atoms with Crippen molar-refractivity contribution >= 4 is 0 Å². The predicted octanol–water partition coefficient (Wildman–Crippen LogP) is 0.102. The van der Waals surface area contributed by atoms with E-state index in [9.17, 15) is 0 Å². The van der Waals surface area contributed by atoms with E-state index in [2.05, 4.69) is 21.0 Å². The molecule has 0 unspecified atom stereocenters. The molecule has 0 aliphatic rings. The maximum absolute atomic E-state index is 7.32. The van der Waals surface area contributed by atoms with Crippen LogP contribution in [0.5, 0.6) is 0 Å². The molecule has 0 spiro atoms. The van der Waals surface area contributed by atoms with Crippen molar-refractivity contribution in [1.82, 2.24) is 0 Å². The van der Waals surface area contributed by atoms with Crippen LogP contribution in [0.25, 0.3) is 10.4 Å². The Kier molecular flexibility index (Phi) is 2.50. The summed E-state index contributed by atoms with van der Waals surface area (Å²) in [5, 5.41) is 2.43. The van der Waals surface area contributed by atoms with Crippen LogP contribution in [0.1, 0.15) is 0 Å². The number of hydrogen-bond donors (Lipinski definition) is 1. The van der Waals surface area contributed by atoms with Gasteiger partial charge in [-0.15, -0.1) is 0 Å². The van der Waals surface area contributed by atoms with Crippen LogP contribution in [0.2, 0.25) is 0 Å².